The molecule has 3 aliphatic heterocycles. The van der Waals surface area contributed by atoms with E-state index in [0.717, 1.165) is 37.2 Å². The Bertz CT molecular complexity index is 896. The van der Waals surface area contributed by atoms with Crippen LogP contribution in [0.1, 0.15) is 50.1 Å². The van der Waals surface area contributed by atoms with Gasteiger partial charge in [0, 0.05) is 68.6 Å². The summed E-state index contributed by atoms with van der Waals surface area (Å²) in [5, 5.41) is 11.0. The van der Waals surface area contributed by atoms with Crippen LogP contribution >= 0.6 is 0 Å². The third kappa shape index (κ3) is 3.26. The molecule has 2 saturated carbocycles. The minimum atomic E-state index is 0.411. The number of hydrogen-bond donors (Lipinski definition) is 2. The summed E-state index contributed by atoms with van der Waals surface area (Å²) in [5.41, 5.74) is 1.66. The van der Waals surface area contributed by atoms with E-state index in [4.69, 9.17) is 9.72 Å². The standard InChI is InChI=1S/C22H31N7O/c1-30-17-11-28(12-17)13-22-9-16(10-22)29(14-22)21-23-7-6-19(25-21)24-20-8-18(26-27-20)15-4-2-3-5-15/h6-8,15-17H,2-5,9-14H2,1H3,(H2,23,24,25,26,27). The normalized spacial score (nSPS) is 29.2. The van der Waals surface area contributed by atoms with Crippen LogP contribution < -0.4 is 10.2 Å². The van der Waals surface area contributed by atoms with Crippen LogP contribution in [0.3, 0.4) is 0 Å². The van der Waals surface area contributed by atoms with Gasteiger partial charge in [0.25, 0.3) is 0 Å². The molecule has 2 N–H and O–H groups in total. The largest absolute Gasteiger partial charge is 0.379 e. The summed E-state index contributed by atoms with van der Waals surface area (Å²) in [4.78, 5) is 14.4. The Balaban J connectivity index is 1.10. The van der Waals surface area contributed by atoms with Gasteiger partial charge in [-0.3, -0.25) is 10.00 Å². The highest BCUT2D eigenvalue weighted by Crippen LogP contribution is 2.53. The lowest BCUT2D eigenvalue weighted by atomic mass is 9.69. The number of hydrogen-bond acceptors (Lipinski definition) is 7. The lowest BCUT2D eigenvalue weighted by Gasteiger charge is -2.46. The molecule has 8 nitrogen and oxygen atoms in total. The molecule has 2 aliphatic carbocycles. The van der Waals surface area contributed by atoms with Crippen molar-refractivity contribution in [3.63, 3.8) is 0 Å². The molecule has 160 valence electrons. The second-order valence-corrected chi connectivity index (χ2v) is 9.80. The number of aromatic amines is 1. The quantitative estimate of drug-likeness (QED) is 0.728. The van der Waals surface area contributed by atoms with Gasteiger partial charge in [-0.25, -0.2) is 4.98 Å². The van der Waals surface area contributed by atoms with Crippen LogP contribution in [0, 0.1) is 5.41 Å². The lowest BCUT2D eigenvalue weighted by Crippen LogP contribution is -2.56. The molecule has 5 heterocycles. The first-order valence-electron chi connectivity index (χ1n) is 11.4. The molecule has 0 atom stereocenters. The molecule has 0 aromatic carbocycles. The summed E-state index contributed by atoms with van der Waals surface area (Å²) < 4.78 is 5.42. The summed E-state index contributed by atoms with van der Waals surface area (Å²) in [5.74, 6) is 3.13. The second kappa shape index (κ2) is 7.20. The summed E-state index contributed by atoms with van der Waals surface area (Å²) in [7, 11) is 1.81. The summed E-state index contributed by atoms with van der Waals surface area (Å²) in [6, 6.07) is 4.65. The molecule has 0 radical (unpaired) electrons. The van der Waals surface area contributed by atoms with Gasteiger partial charge in [0.1, 0.15) is 5.82 Å². The molecule has 8 heteroatoms. The Hall–Kier alpha value is -2.19. The minimum Gasteiger partial charge on any atom is -0.379 e. The van der Waals surface area contributed by atoms with Gasteiger partial charge in [-0.1, -0.05) is 12.8 Å². The van der Waals surface area contributed by atoms with E-state index in [2.05, 4.69) is 36.4 Å². The molecule has 3 saturated heterocycles. The molecule has 2 aromatic heterocycles. The van der Waals surface area contributed by atoms with Crippen LogP contribution in [-0.4, -0.2) is 70.5 Å². The van der Waals surface area contributed by atoms with Gasteiger partial charge in [0.2, 0.25) is 5.95 Å². The first-order chi connectivity index (χ1) is 14.7. The number of likely N-dealkylation sites (tertiary alicyclic amines) is 1. The molecule has 0 unspecified atom stereocenters. The van der Waals surface area contributed by atoms with Gasteiger partial charge in [-0.15, -0.1) is 0 Å². The first kappa shape index (κ1) is 18.6. The smallest absolute Gasteiger partial charge is 0.227 e. The average molecular weight is 410 g/mol. The zero-order valence-corrected chi connectivity index (χ0v) is 17.7. The fraction of sp³-hybridized carbons (Fsp3) is 0.682. The van der Waals surface area contributed by atoms with Crippen LogP contribution in [0.15, 0.2) is 18.3 Å². The highest BCUT2D eigenvalue weighted by molar-refractivity contribution is 5.54. The number of ether oxygens (including phenoxy) is 1. The van der Waals surface area contributed by atoms with E-state index in [1.807, 2.05) is 19.4 Å². The minimum absolute atomic E-state index is 0.411. The number of nitrogens with one attached hydrogen (secondary N) is 2. The Morgan fingerprint density at radius 2 is 2.07 bits per heavy atom. The zero-order valence-electron chi connectivity index (χ0n) is 17.7. The predicted octanol–water partition coefficient (Wildman–Crippen LogP) is 2.90. The Morgan fingerprint density at radius 3 is 2.87 bits per heavy atom. The van der Waals surface area contributed by atoms with Gasteiger partial charge in [0.05, 0.1) is 6.10 Å². The molecule has 5 aliphatic rings. The molecule has 0 amide bonds. The highest BCUT2D eigenvalue weighted by Gasteiger charge is 2.57. The second-order valence-electron chi connectivity index (χ2n) is 9.80. The van der Waals surface area contributed by atoms with Gasteiger partial charge >= 0.3 is 0 Å². The van der Waals surface area contributed by atoms with Gasteiger partial charge in [-0.05, 0) is 31.7 Å². The number of fused-ring (bicyclic) bond motifs is 1. The lowest BCUT2D eigenvalue weighted by molar-refractivity contribution is -0.0526. The van der Waals surface area contributed by atoms with E-state index in [1.165, 1.54) is 50.8 Å². The molecule has 5 fully saturated rings. The molecular weight excluding hydrogens is 378 g/mol. The predicted molar refractivity (Wildman–Crippen MR) is 115 cm³/mol. The van der Waals surface area contributed by atoms with Gasteiger partial charge in [-0.2, -0.15) is 10.1 Å². The van der Waals surface area contributed by atoms with Gasteiger partial charge in [0.15, 0.2) is 5.82 Å². The van der Waals surface area contributed by atoms with Crippen molar-refractivity contribution in [3.8, 4) is 0 Å². The number of methoxy groups -OCH3 is 1. The van der Waals surface area contributed by atoms with Crippen molar-refractivity contribution < 1.29 is 4.74 Å². The van der Waals surface area contributed by atoms with Crippen molar-refractivity contribution in [1.29, 1.82) is 0 Å². The molecule has 2 aromatic rings. The van der Waals surface area contributed by atoms with Crippen LogP contribution in [-0.2, 0) is 4.74 Å². The highest BCUT2D eigenvalue weighted by atomic mass is 16.5. The maximum Gasteiger partial charge on any atom is 0.227 e. The summed E-state index contributed by atoms with van der Waals surface area (Å²) in [6.07, 6.45) is 9.98. The van der Waals surface area contributed by atoms with Crippen LogP contribution in [0.4, 0.5) is 17.6 Å². The van der Waals surface area contributed by atoms with E-state index in [-0.39, 0.29) is 0 Å². The number of rotatable bonds is 7. The molecule has 0 spiro atoms. The monoisotopic (exact) mass is 409 g/mol. The Morgan fingerprint density at radius 1 is 1.23 bits per heavy atom. The Kier molecular flexibility index (Phi) is 4.46. The van der Waals surface area contributed by atoms with Gasteiger partial charge < -0.3 is 15.0 Å². The van der Waals surface area contributed by atoms with E-state index in [9.17, 15) is 0 Å². The van der Waals surface area contributed by atoms with E-state index < -0.39 is 0 Å². The molecular formula is C22H31N7O. The van der Waals surface area contributed by atoms with Crippen molar-refractivity contribution >= 4 is 17.6 Å². The van der Waals surface area contributed by atoms with Crippen molar-refractivity contribution in [1.82, 2.24) is 25.1 Å². The number of H-pyrrole nitrogens is 1. The average Bonchev–Trinajstić information content (AvgIpc) is 3.46. The van der Waals surface area contributed by atoms with Crippen molar-refractivity contribution in [3.05, 3.63) is 24.0 Å². The van der Waals surface area contributed by atoms with Crippen molar-refractivity contribution in [2.45, 2.75) is 56.6 Å². The van der Waals surface area contributed by atoms with E-state index in [1.54, 1.807) is 0 Å². The maximum atomic E-state index is 5.42. The fourth-order valence-electron chi connectivity index (χ4n) is 6.00. The Labute approximate surface area is 177 Å². The summed E-state index contributed by atoms with van der Waals surface area (Å²) >= 11 is 0. The third-order valence-corrected chi connectivity index (χ3v) is 7.65. The van der Waals surface area contributed by atoms with Crippen LogP contribution in [0.5, 0.6) is 0 Å². The third-order valence-electron chi connectivity index (χ3n) is 7.65. The molecule has 30 heavy (non-hydrogen) atoms. The topological polar surface area (TPSA) is 82.2 Å². The first-order valence-corrected chi connectivity index (χ1v) is 11.4. The zero-order chi connectivity index (χ0) is 20.1. The SMILES string of the molecule is COC1CN(CC23CC(C2)N(c2nccc(Nc4cc(C5CCCC5)[nH]n4)n2)C3)C1. The van der Waals surface area contributed by atoms with Crippen LogP contribution in [0.2, 0.25) is 0 Å². The fourth-order valence-corrected chi connectivity index (χ4v) is 6.00. The van der Waals surface area contributed by atoms with Crippen molar-refractivity contribution in [2.24, 2.45) is 5.41 Å². The van der Waals surface area contributed by atoms with E-state index in [0.29, 0.717) is 23.5 Å². The van der Waals surface area contributed by atoms with E-state index >= 15 is 0 Å². The number of aromatic nitrogens is 4. The maximum absolute atomic E-state index is 5.42. The number of anilines is 3. The summed E-state index contributed by atoms with van der Waals surface area (Å²) in [6.45, 7) is 4.38. The number of nitrogens with zero attached hydrogens (tertiary/aromatic N) is 5. The van der Waals surface area contributed by atoms with Crippen molar-refractivity contribution in [2.75, 3.05) is 43.5 Å². The molecule has 7 rings (SSSR count). The van der Waals surface area contributed by atoms with Crippen LogP contribution in [0.25, 0.3) is 0 Å². The molecule has 2 bridgehead atoms.